The van der Waals surface area contributed by atoms with Crippen molar-refractivity contribution in [3.05, 3.63) is 28.8 Å². The fraction of sp³-hybridized carbons (Fsp3) is 0.625. The molecule has 0 unspecified atom stereocenters. The third-order valence-corrected chi connectivity index (χ3v) is 5.98. The van der Waals surface area contributed by atoms with Crippen molar-refractivity contribution >= 4 is 10.0 Å². The molecule has 1 aromatic rings. The molecule has 0 heterocycles. The number of aryl methyl sites for hydroxylation is 1. The highest BCUT2D eigenvalue weighted by atomic mass is 32.2. The van der Waals surface area contributed by atoms with E-state index < -0.39 is 10.0 Å². The Bertz CT molecular complexity index is 588. The van der Waals surface area contributed by atoms with E-state index >= 15 is 0 Å². The van der Waals surface area contributed by atoms with Crippen LogP contribution in [0.25, 0.3) is 0 Å². The predicted molar refractivity (Wildman–Crippen MR) is 83.7 cm³/mol. The Morgan fingerprint density at radius 1 is 1.14 bits per heavy atom. The molecule has 1 fully saturated rings. The highest BCUT2D eigenvalue weighted by Gasteiger charge is 2.23. The minimum atomic E-state index is -3.52. The molecule has 0 aromatic heterocycles. The summed E-state index contributed by atoms with van der Waals surface area (Å²) in [6, 6.07) is 3.46. The molecule has 1 aromatic carbocycles. The topological polar surface area (TPSA) is 66.4 Å². The molecule has 21 heavy (non-hydrogen) atoms. The summed E-state index contributed by atoms with van der Waals surface area (Å²) in [5.41, 5.74) is 2.29. The maximum absolute atomic E-state index is 12.7. The normalized spacial score (nSPS) is 17.7. The second-order valence-corrected chi connectivity index (χ2v) is 7.69. The summed E-state index contributed by atoms with van der Waals surface area (Å²) in [4.78, 5) is 0.302. The van der Waals surface area contributed by atoms with Crippen LogP contribution in [0, 0.1) is 13.8 Å². The molecule has 0 saturated heterocycles. The van der Waals surface area contributed by atoms with Crippen molar-refractivity contribution in [2.75, 3.05) is 0 Å². The predicted octanol–water partition coefficient (Wildman–Crippen LogP) is 2.80. The Kier molecular flexibility index (Phi) is 5.41. The van der Waals surface area contributed by atoms with Gasteiger partial charge in [0.1, 0.15) is 0 Å². The Hall–Kier alpha value is -0.910. The maximum atomic E-state index is 12.7. The zero-order valence-corrected chi connectivity index (χ0v) is 13.7. The largest absolute Gasteiger partial charge is 0.392 e. The van der Waals surface area contributed by atoms with Gasteiger partial charge >= 0.3 is 0 Å². The van der Waals surface area contributed by atoms with E-state index in [4.69, 9.17) is 0 Å². The molecule has 1 saturated carbocycles. The lowest BCUT2D eigenvalue weighted by atomic mass is 10.1. The second kappa shape index (κ2) is 6.90. The van der Waals surface area contributed by atoms with Crippen LogP contribution in [0.3, 0.4) is 0 Å². The molecular weight excluding hydrogens is 286 g/mol. The number of aliphatic hydroxyl groups is 1. The quantitative estimate of drug-likeness (QED) is 0.840. The van der Waals surface area contributed by atoms with Crippen LogP contribution in [0.4, 0.5) is 0 Å². The standard InChI is InChI=1S/C16H25NO3S/c1-12-9-14(11-18)10-16(13(12)2)21(19,20)17-15-7-5-3-4-6-8-15/h9-10,15,17-18H,3-8,11H2,1-2H3. The van der Waals surface area contributed by atoms with Gasteiger partial charge in [0, 0.05) is 6.04 Å². The average Bonchev–Trinajstić information content (AvgIpc) is 2.69. The van der Waals surface area contributed by atoms with E-state index in [-0.39, 0.29) is 12.6 Å². The highest BCUT2D eigenvalue weighted by molar-refractivity contribution is 7.89. The van der Waals surface area contributed by atoms with Gasteiger partial charge in [-0.05, 0) is 49.4 Å². The molecule has 1 aliphatic carbocycles. The zero-order chi connectivity index (χ0) is 15.5. The Balaban J connectivity index is 2.28. The van der Waals surface area contributed by atoms with Crippen LogP contribution in [0.1, 0.15) is 55.2 Å². The first-order valence-corrected chi connectivity index (χ1v) is 9.15. The van der Waals surface area contributed by atoms with Gasteiger partial charge in [-0.25, -0.2) is 13.1 Å². The van der Waals surface area contributed by atoms with Crippen molar-refractivity contribution in [1.82, 2.24) is 4.72 Å². The van der Waals surface area contributed by atoms with Crippen LogP contribution in [-0.4, -0.2) is 19.6 Å². The monoisotopic (exact) mass is 311 g/mol. The smallest absolute Gasteiger partial charge is 0.241 e. The summed E-state index contributed by atoms with van der Waals surface area (Å²) >= 11 is 0. The number of rotatable bonds is 4. The summed E-state index contributed by atoms with van der Waals surface area (Å²) < 4.78 is 28.2. The summed E-state index contributed by atoms with van der Waals surface area (Å²) in [5, 5.41) is 9.29. The van der Waals surface area contributed by atoms with Crippen LogP contribution in [0.2, 0.25) is 0 Å². The van der Waals surface area contributed by atoms with Crippen LogP contribution < -0.4 is 4.72 Å². The third kappa shape index (κ3) is 4.05. The number of benzene rings is 1. The lowest BCUT2D eigenvalue weighted by molar-refractivity contribution is 0.281. The van der Waals surface area contributed by atoms with Gasteiger partial charge in [0.05, 0.1) is 11.5 Å². The minimum absolute atomic E-state index is 0.0370. The Morgan fingerprint density at radius 3 is 2.33 bits per heavy atom. The average molecular weight is 311 g/mol. The van der Waals surface area contributed by atoms with Gasteiger partial charge in [-0.3, -0.25) is 0 Å². The minimum Gasteiger partial charge on any atom is -0.392 e. The SMILES string of the molecule is Cc1cc(CO)cc(S(=O)(=O)NC2CCCCCC2)c1C. The van der Waals surface area contributed by atoms with Crippen molar-refractivity contribution < 1.29 is 13.5 Å². The number of hydrogen-bond acceptors (Lipinski definition) is 3. The lowest BCUT2D eigenvalue weighted by Gasteiger charge is -2.18. The fourth-order valence-electron chi connectivity index (χ4n) is 2.95. The lowest BCUT2D eigenvalue weighted by Crippen LogP contribution is -2.35. The molecule has 118 valence electrons. The maximum Gasteiger partial charge on any atom is 0.241 e. The van der Waals surface area contributed by atoms with Gasteiger partial charge in [0.15, 0.2) is 0 Å². The highest BCUT2D eigenvalue weighted by Crippen LogP contribution is 2.24. The van der Waals surface area contributed by atoms with Crippen molar-refractivity contribution in [2.24, 2.45) is 0 Å². The van der Waals surface area contributed by atoms with E-state index in [1.54, 1.807) is 6.07 Å². The number of hydrogen-bond donors (Lipinski definition) is 2. The zero-order valence-electron chi connectivity index (χ0n) is 12.9. The molecule has 0 bridgehead atoms. The molecule has 1 aliphatic rings. The summed E-state index contributed by atoms with van der Waals surface area (Å²) in [5.74, 6) is 0. The van der Waals surface area contributed by atoms with Gasteiger partial charge in [0.2, 0.25) is 10.0 Å². The van der Waals surface area contributed by atoms with E-state index in [1.807, 2.05) is 19.9 Å². The van der Waals surface area contributed by atoms with E-state index in [0.717, 1.165) is 36.8 Å². The molecule has 2 N–H and O–H groups in total. The molecule has 4 nitrogen and oxygen atoms in total. The molecule has 0 amide bonds. The van der Waals surface area contributed by atoms with Crippen molar-refractivity contribution in [1.29, 1.82) is 0 Å². The van der Waals surface area contributed by atoms with E-state index in [1.165, 1.54) is 12.8 Å². The molecule has 0 spiro atoms. The van der Waals surface area contributed by atoms with E-state index in [2.05, 4.69) is 4.72 Å². The van der Waals surface area contributed by atoms with Crippen molar-refractivity contribution in [3.63, 3.8) is 0 Å². The van der Waals surface area contributed by atoms with E-state index in [9.17, 15) is 13.5 Å². The van der Waals surface area contributed by atoms with Crippen molar-refractivity contribution in [2.45, 2.75) is 69.9 Å². The summed E-state index contributed by atoms with van der Waals surface area (Å²) in [6.45, 7) is 3.55. The molecule has 5 heteroatoms. The molecule has 2 rings (SSSR count). The molecular formula is C16H25NO3S. The summed E-state index contributed by atoms with van der Waals surface area (Å²) in [7, 11) is -3.52. The van der Waals surface area contributed by atoms with Gasteiger partial charge in [0.25, 0.3) is 0 Å². The Morgan fingerprint density at radius 2 is 1.76 bits per heavy atom. The first-order valence-electron chi connectivity index (χ1n) is 7.67. The number of nitrogens with one attached hydrogen (secondary N) is 1. The fourth-order valence-corrected chi connectivity index (χ4v) is 4.62. The second-order valence-electron chi connectivity index (χ2n) is 6.00. The van der Waals surface area contributed by atoms with Crippen molar-refractivity contribution in [3.8, 4) is 0 Å². The van der Waals surface area contributed by atoms with Crippen LogP contribution >= 0.6 is 0 Å². The first kappa shape index (κ1) is 16.5. The van der Waals surface area contributed by atoms with Crippen LogP contribution in [0.15, 0.2) is 17.0 Å². The van der Waals surface area contributed by atoms with Crippen LogP contribution in [-0.2, 0) is 16.6 Å². The van der Waals surface area contributed by atoms with Gasteiger partial charge in [-0.15, -0.1) is 0 Å². The molecule has 0 atom stereocenters. The number of sulfonamides is 1. The van der Waals surface area contributed by atoms with Gasteiger partial charge < -0.3 is 5.11 Å². The Labute approximate surface area is 127 Å². The third-order valence-electron chi connectivity index (χ3n) is 4.33. The number of aliphatic hydroxyl groups excluding tert-OH is 1. The molecule has 0 radical (unpaired) electrons. The van der Waals surface area contributed by atoms with Gasteiger partial charge in [-0.2, -0.15) is 0 Å². The first-order chi connectivity index (χ1) is 9.94. The molecule has 0 aliphatic heterocycles. The van der Waals surface area contributed by atoms with E-state index in [0.29, 0.717) is 10.5 Å². The van der Waals surface area contributed by atoms with Crippen LogP contribution in [0.5, 0.6) is 0 Å². The van der Waals surface area contributed by atoms with Gasteiger partial charge in [-0.1, -0.05) is 31.7 Å². The summed E-state index contributed by atoms with van der Waals surface area (Å²) in [6.07, 6.45) is 6.38.